The van der Waals surface area contributed by atoms with E-state index in [1.165, 1.54) is 31.7 Å². The average molecular weight is 423 g/mol. The second-order valence-electron chi connectivity index (χ2n) is 8.62. The van der Waals surface area contributed by atoms with Gasteiger partial charge in [0.15, 0.2) is 10.9 Å². The van der Waals surface area contributed by atoms with Crippen molar-refractivity contribution in [3.63, 3.8) is 0 Å². The van der Waals surface area contributed by atoms with Gasteiger partial charge in [-0.15, -0.1) is 0 Å². The largest absolute Gasteiger partial charge is 0.359 e. The van der Waals surface area contributed by atoms with Gasteiger partial charge in [-0.2, -0.15) is 5.10 Å². The molecular formula is C22H23FN6S. The van der Waals surface area contributed by atoms with Crippen LogP contribution in [0.1, 0.15) is 25.7 Å². The number of hydrogen-bond donors (Lipinski definition) is 1. The zero-order chi connectivity index (χ0) is 20.4. The number of anilines is 1. The Balaban J connectivity index is 1.29. The van der Waals surface area contributed by atoms with E-state index < -0.39 is 0 Å². The van der Waals surface area contributed by atoms with E-state index in [1.807, 2.05) is 18.3 Å². The summed E-state index contributed by atoms with van der Waals surface area (Å²) in [6.07, 6.45) is 8.59. The lowest BCUT2D eigenvalue weighted by Crippen LogP contribution is -2.44. The minimum atomic E-state index is -0.325. The maximum Gasteiger partial charge on any atom is 0.184 e. The number of nitrogens with one attached hydrogen (secondary N) is 1. The quantitative estimate of drug-likeness (QED) is 0.530. The number of thiazole rings is 1. The lowest BCUT2D eigenvalue weighted by atomic mass is 9.98. The van der Waals surface area contributed by atoms with Gasteiger partial charge in [-0.1, -0.05) is 11.3 Å². The molecule has 2 atom stereocenters. The molecule has 1 aromatic carbocycles. The molecule has 2 unspecified atom stereocenters. The maximum atomic E-state index is 14.5. The molecule has 2 saturated heterocycles. The second-order valence-corrected chi connectivity index (χ2v) is 9.65. The Morgan fingerprint density at radius 2 is 1.93 bits per heavy atom. The molecule has 3 aromatic heterocycles. The van der Waals surface area contributed by atoms with Crippen LogP contribution in [0.4, 0.5) is 9.52 Å². The average Bonchev–Trinajstić information content (AvgIpc) is 3.34. The summed E-state index contributed by atoms with van der Waals surface area (Å²) in [6, 6.07) is 7.33. The Morgan fingerprint density at radius 1 is 1.13 bits per heavy atom. The first-order valence-electron chi connectivity index (χ1n) is 10.4. The summed E-state index contributed by atoms with van der Waals surface area (Å²) < 4.78 is 17.2. The van der Waals surface area contributed by atoms with E-state index in [1.54, 1.807) is 29.3 Å². The maximum absolute atomic E-state index is 14.5. The van der Waals surface area contributed by atoms with Crippen molar-refractivity contribution in [1.29, 1.82) is 0 Å². The van der Waals surface area contributed by atoms with E-state index in [9.17, 15) is 4.39 Å². The predicted octanol–water partition coefficient (Wildman–Crippen LogP) is 4.42. The molecule has 5 heterocycles. The number of nitrogens with zero attached hydrogens (tertiary/aromatic N) is 5. The molecule has 2 fully saturated rings. The van der Waals surface area contributed by atoms with Crippen molar-refractivity contribution in [2.75, 3.05) is 12.4 Å². The summed E-state index contributed by atoms with van der Waals surface area (Å²) in [4.78, 5) is 11.8. The topological polar surface area (TPSA) is 58.9 Å². The third-order valence-corrected chi connectivity index (χ3v) is 7.62. The van der Waals surface area contributed by atoms with Crippen molar-refractivity contribution in [3.8, 4) is 11.3 Å². The highest BCUT2D eigenvalue weighted by Crippen LogP contribution is 2.37. The SMILES string of the molecule is CN1C2CCC1CC(Nc1nc3cnc(-c4cc(F)c5nn(C)cc5c4)cc3s1)C2. The monoisotopic (exact) mass is 422 g/mol. The van der Waals surface area contributed by atoms with E-state index in [2.05, 4.69) is 27.3 Å². The van der Waals surface area contributed by atoms with Crippen LogP contribution in [-0.4, -0.2) is 49.8 Å². The molecule has 30 heavy (non-hydrogen) atoms. The van der Waals surface area contributed by atoms with Gasteiger partial charge < -0.3 is 10.2 Å². The fourth-order valence-electron chi connectivity index (χ4n) is 5.12. The first kappa shape index (κ1) is 18.2. The van der Waals surface area contributed by atoms with Gasteiger partial charge in [0.25, 0.3) is 0 Å². The van der Waals surface area contributed by atoms with Crippen molar-refractivity contribution in [2.24, 2.45) is 7.05 Å². The molecule has 4 aromatic rings. The molecule has 0 saturated carbocycles. The highest BCUT2D eigenvalue weighted by atomic mass is 32.1. The molecule has 0 aliphatic carbocycles. The molecule has 0 radical (unpaired) electrons. The fourth-order valence-corrected chi connectivity index (χ4v) is 6.07. The molecule has 8 heteroatoms. The Hall–Kier alpha value is -2.58. The molecule has 1 N–H and O–H groups in total. The van der Waals surface area contributed by atoms with Gasteiger partial charge in [0.1, 0.15) is 11.0 Å². The van der Waals surface area contributed by atoms with E-state index in [0.29, 0.717) is 23.6 Å². The minimum absolute atomic E-state index is 0.325. The number of pyridine rings is 1. The van der Waals surface area contributed by atoms with Crippen molar-refractivity contribution in [2.45, 2.75) is 43.8 Å². The number of hydrogen-bond acceptors (Lipinski definition) is 6. The van der Waals surface area contributed by atoms with Crippen LogP contribution in [0.25, 0.3) is 32.4 Å². The Kier molecular flexibility index (Phi) is 4.08. The molecule has 2 aliphatic rings. The predicted molar refractivity (Wildman–Crippen MR) is 118 cm³/mol. The summed E-state index contributed by atoms with van der Waals surface area (Å²) in [6.45, 7) is 0. The molecule has 0 spiro atoms. The van der Waals surface area contributed by atoms with Gasteiger partial charge in [0.05, 0.1) is 16.6 Å². The number of rotatable bonds is 3. The molecule has 2 aliphatic heterocycles. The van der Waals surface area contributed by atoms with Crippen LogP contribution in [0, 0.1) is 5.82 Å². The fraction of sp³-hybridized carbons (Fsp3) is 0.409. The Bertz CT molecular complexity index is 1250. The Morgan fingerprint density at radius 3 is 2.73 bits per heavy atom. The zero-order valence-electron chi connectivity index (χ0n) is 17.0. The summed E-state index contributed by atoms with van der Waals surface area (Å²) >= 11 is 1.65. The van der Waals surface area contributed by atoms with Crippen LogP contribution >= 0.6 is 11.3 Å². The van der Waals surface area contributed by atoms with Crippen LogP contribution in [0.3, 0.4) is 0 Å². The van der Waals surface area contributed by atoms with Gasteiger partial charge in [-0.3, -0.25) is 9.67 Å². The minimum Gasteiger partial charge on any atom is -0.359 e. The third kappa shape index (κ3) is 2.97. The highest BCUT2D eigenvalue weighted by molar-refractivity contribution is 7.22. The molecule has 6 rings (SSSR count). The van der Waals surface area contributed by atoms with Crippen molar-refractivity contribution in [1.82, 2.24) is 24.6 Å². The van der Waals surface area contributed by atoms with Crippen molar-refractivity contribution < 1.29 is 4.39 Å². The smallest absolute Gasteiger partial charge is 0.184 e. The van der Waals surface area contributed by atoms with Gasteiger partial charge in [0.2, 0.25) is 0 Å². The van der Waals surface area contributed by atoms with Crippen LogP contribution in [0.2, 0.25) is 0 Å². The van der Waals surface area contributed by atoms with E-state index >= 15 is 0 Å². The molecule has 154 valence electrons. The Labute approximate surface area is 177 Å². The summed E-state index contributed by atoms with van der Waals surface area (Å²) in [5.41, 5.74) is 2.77. The van der Waals surface area contributed by atoms with Gasteiger partial charge in [-0.05, 0) is 50.9 Å². The van der Waals surface area contributed by atoms with E-state index in [-0.39, 0.29) is 5.82 Å². The van der Waals surface area contributed by atoms with Gasteiger partial charge >= 0.3 is 0 Å². The second kappa shape index (κ2) is 6.72. The van der Waals surface area contributed by atoms with Crippen LogP contribution in [0.15, 0.2) is 30.6 Å². The summed E-state index contributed by atoms with van der Waals surface area (Å²) in [7, 11) is 4.06. The zero-order valence-corrected chi connectivity index (χ0v) is 17.8. The molecular weight excluding hydrogens is 399 g/mol. The molecule has 6 nitrogen and oxygen atoms in total. The van der Waals surface area contributed by atoms with Gasteiger partial charge in [-0.25, -0.2) is 9.37 Å². The van der Waals surface area contributed by atoms with Gasteiger partial charge in [0, 0.05) is 42.3 Å². The first-order chi connectivity index (χ1) is 14.5. The lowest BCUT2D eigenvalue weighted by Gasteiger charge is -2.36. The van der Waals surface area contributed by atoms with E-state index in [4.69, 9.17) is 4.98 Å². The number of aromatic nitrogens is 4. The molecule has 0 amide bonds. The van der Waals surface area contributed by atoms with Crippen molar-refractivity contribution >= 4 is 37.6 Å². The molecule has 2 bridgehead atoms. The van der Waals surface area contributed by atoms with Crippen LogP contribution in [-0.2, 0) is 7.05 Å². The summed E-state index contributed by atoms with van der Waals surface area (Å²) in [5, 5.41) is 9.57. The number of fused-ring (bicyclic) bond motifs is 4. The van der Waals surface area contributed by atoms with Crippen LogP contribution in [0.5, 0.6) is 0 Å². The number of benzene rings is 1. The summed E-state index contributed by atoms with van der Waals surface area (Å²) in [5.74, 6) is -0.325. The third-order valence-electron chi connectivity index (χ3n) is 6.67. The lowest BCUT2D eigenvalue weighted by molar-refractivity contribution is 0.169. The number of halogens is 1. The normalized spacial score (nSPS) is 24.2. The van der Waals surface area contributed by atoms with Crippen molar-refractivity contribution in [3.05, 3.63) is 36.4 Å². The first-order valence-corrected chi connectivity index (χ1v) is 11.2. The standard InChI is InChI=1S/C22H23FN6S/c1-28-11-13-5-12(6-17(23)21(13)27-28)18-9-20-19(10-24-18)26-22(30-20)25-14-7-15-3-4-16(8-14)29(15)2/h5-6,9-11,14-16H,3-4,7-8H2,1-2H3,(H,25,26). The number of aryl methyl sites for hydroxylation is 1. The van der Waals surface area contributed by atoms with Crippen LogP contribution < -0.4 is 5.32 Å². The van der Waals surface area contributed by atoms with E-state index in [0.717, 1.165) is 32.0 Å². The number of piperidine rings is 1. The highest BCUT2D eigenvalue weighted by Gasteiger charge is 2.38.